The molecule has 1 aliphatic carbocycles. The second kappa shape index (κ2) is 13.0. The van der Waals surface area contributed by atoms with Gasteiger partial charge in [-0.1, -0.05) is 58.2 Å². The van der Waals surface area contributed by atoms with Gasteiger partial charge in [0, 0.05) is 11.5 Å². The van der Waals surface area contributed by atoms with Crippen molar-refractivity contribution in [3.05, 3.63) is 47.4 Å². The Labute approximate surface area is 221 Å². The van der Waals surface area contributed by atoms with Crippen LogP contribution in [0, 0.1) is 18.3 Å². The van der Waals surface area contributed by atoms with Crippen molar-refractivity contribution in [3.8, 4) is 11.3 Å². The van der Waals surface area contributed by atoms with E-state index in [0.29, 0.717) is 23.9 Å². The van der Waals surface area contributed by atoms with E-state index in [1.165, 1.54) is 5.56 Å². The van der Waals surface area contributed by atoms with Gasteiger partial charge in [-0.25, -0.2) is 9.97 Å². The van der Waals surface area contributed by atoms with Crippen molar-refractivity contribution in [1.82, 2.24) is 20.6 Å². The average Bonchev–Trinajstić information content (AvgIpc) is 2.91. The van der Waals surface area contributed by atoms with Crippen molar-refractivity contribution < 1.29 is 9.59 Å². The summed E-state index contributed by atoms with van der Waals surface area (Å²) in [4.78, 5) is 35.9. The molecular weight excluding hydrogens is 462 g/mol. The van der Waals surface area contributed by atoms with E-state index in [-0.39, 0.29) is 23.3 Å². The maximum atomic E-state index is 13.8. The molecule has 1 aliphatic rings. The Morgan fingerprint density at radius 1 is 1.08 bits per heavy atom. The molecule has 200 valence electrons. The highest BCUT2D eigenvalue weighted by molar-refractivity contribution is 6.42. The standard InChI is InChI=1S/C30H43N5O2/c1-7-24(26-17-25(33-20(5)34-26)23-15-11-14-22(16-23)18(2)3)27(31)29(36)28(21-12-9-8-10-13-21)35-30(37)19(4)32-6/h11,14-19,21,24,28,31-32H,7-10,12-13H2,1-6H3,(H,35,37). The third-order valence-electron chi connectivity index (χ3n) is 7.61. The van der Waals surface area contributed by atoms with Crippen molar-refractivity contribution in [1.29, 1.82) is 5.41 Å². The number of amides is 1. The molecule has 3 unspecified atom stereocenters. The molecule has 1 amide bonds. The third-order valence-corrected chi connectivity index (χ3v) is 7.61. The highest BCUT2D eigenvalue weighted by atomic mass is 16.2. The van der Waals surface area contributed by atoms with Gasteiger partial charge in [-0.15, -0.1) is 0 Å². The summed E-state index contributed by atoms with van der Waals surface area (Å²) in [6.45, 7) is 9.92. The van der Waals surface area contributed by atoms with Crippen LogP contribution in [0.15, 0.2) is 30.3 Å². The number of likely N-dealkylation sites (N-methyl/N-ethyl adjacent to an activating group) is 1. The van der Waals surface area contributed by atoms with Gasteiger partial charge in [0.15, 0.2) is 5.78 Å². The molecule has 3 atom stereocenters. The molecule has 1 heterocycles. The van der Waals surface area contributed by atoms with E-state index in [1.807, 2.05) is 32.0 Å². The highest BCUT2D eigenvalue weighted by Crippen LogP contribution is 2.30. The van der Waals surface area contributed by atoms with E-state index in [4.69, 9.17) is 5.41 Å². The van der Waals surface area contributed by atoms with E-state index >= 15 is 0 Å². The summed E-state index contributed by atoms with van der Waals surface area (Å²) in [7, 11) is 1.72. The summed E-state index contributed by atoms with van der Waals surface area (Å²) >= 11 is 0. The van der Waals surface area contributed by atoms with Crippen molar-refractivity contribution in [2.45, 2.75) is 97.1 Å². The largest absolute Gasteiger partial charge is 0.344 e. The maximum Gasteiger partial charge on any atom is 0.237 e. The summed E-state index contributed by atoms with van der Waals surface area (Å²) < 4.78 is 0. The Balaban J connectivity index is 1.93. The monoisotopic (exact) mass is 505 g/mol. The first-order valence-corrected chi connectivity index (χ1v) is 13.7. The molecule has 1 aromatic carbocycles. The Bertz CT molecular complexity index is 1110. The Morgan fingerprint density at radius 3 is 2.41 bits per heavy atom. The molecule has 1 saturated carbocycles. The van der Waals surface area contributed by atoms with Crippen molar-refractivity contribution in [2.75, 3.05) is 7.05 Å². The zero-order valence-electron chi connectivity index (χ0n) is 23.2. The van der Waals surface area contributed by atoms with Crippen molar-refractivity contribution in [2.24, 2.45) is 5.92 Å². The number of hydrogen-bond donors (Lipinski definition) is 3. The molecule has 7 nitrogen and oxygen atoms in total. The minimum Gasteiger partial charge on any atom is -0.344 e. The summed E-state index contributed by atoms with van der Waals surface area (Å²) in [5.74, 6) is 0.0854. The van der Waals surface area contributed by atoms with Crippen LogP contribution in [0.2, 0.25) is 0 Å². The van der Waals surface area contributed by atoms with Gasteiger partial charge >= 0.3 is 0 Å². The first kappa shape index (κ1) is 28.6. The van der Waals surface area contributed by atoms with Crippen LogP contribution in [0.25, 0.3) is 11.3 Å². The number of aryl methyl sites for hydroxylation is 1. The molecule has 3 rings (SSSR count). The number of nitrogens with one attached hydrogen (secondary N) is 3. The quantitative estimate of drug-likeness (QED) is 0.358. The number of carbonyl (C=O) groups is 2. The van der Waals surface area contributed by atoms with Crippen LogP contribution in [0.4, 0.5) is 0 Å². The zero-order valence-corrected chi connectivity index (χ0v) is 23.2. The minimum atomic E-state index is -0.685. The summed E-state index contributed by atoms with van der Waals surface area (Å²) in [5.41, 5.74) is 3.71. The lowest BCUT2D eigenvalue weighted by Crippen LogP contribution is -2.53. The molecule has 1 fully saturated rings. The number of nitrogens with zero attached hydrogens (tertiary/aromatic N) is 2. The Morgan fingerprint density at radius 2 is 1.78 bits per heavy atom. The highest BCUT2D eigenvalue weighted by Gasteiger charge is 2.36. The Kier molecular flexibility index (Phi) is 10.1. The predicted octanol–water partition coefficient (Wildman–Crippen LogP) is 5.33. The Hall–Kier alpha value is -2.93. The fraction of sp³-hybridized carbons (Fsp3) is 0.567. The van der Waals surface area contributed by atoms with Gasteiger partial charge in [0.2, 0.25) is 5.91 Å². The maximum absolute atomic E-state index is 13.8. The van der Waals surface area contributed by atoms with Crippen LogP contribution >= 0.6 is 0 Å². The molecule has 0 bridgehead atoms. The van der Waals surface area contributed by atoms with Gasteiger partial charge < -0.3 is 16.0 Å². The van der Waals surface area contributed by atoms with Gasteiger partial charge in [-0.2, -0.15) is 0 Å². The van der Waals surface area contributed by atoms with Crippen LogP contribution in [0.1, 0.15) is 95.1 Å². The van der Waals surface area contributed by atoms with Gasteiger partial charge in [0.25, 0.3) is 0 Å². The number of rotatable bonds is 11. The second-order valence-electron chi connectivity index (χ2n) is 10.6. The first-order valence-electron chi connectivity index (χ1n) is 13.7. The molecule has 0 aliphatic heterocycles. The molecular formula is C30H43N5O2. The molecule has 0 saturated heterocycles. The van der Waals surface area contributed by atoms with E-state index in [9.17, 15) is 9.59 Å². The molecule has 37 heavy (non-hydrogen) atoms. The molecule has 3 N–H and O–H groups in total. The van der Waals surface area contributed by atoms with Gasteiger partial charge in [-0.05, 0) is 69.7 Å². The number of hydrogen-bond acceptors (Lipinski definition) is 6. The topological polar surface area (TPSA) is 108 Å². The van der Waals surface area contributed by atoms with Gasteiger partial charge in [0.1, 0.15) is 5.82 Å². The number of Topliss-reactive ketones (excluding diaryl/α,β-unsaturated/α-hetero) is 1. The van der Waals surface area contributed by atoms with Crippen LogP contribution in [-0.2, 0) is 9.59 Å². The molecule has 0 radical (unpaired) electrons. The van der Waals surface area contributed by atoms with E-state index in [1.54, 1.807) is 14.0 Å². The summed E-state index contributed by atoms with van der Waals surface area (Å²) in [6, 6.07) is 9.14. The normalized spacial score (nSPS) is 16.7. The fourth-order valence-electron chi connectivity index (χ4n) is 5.15. The minimum absolute atomic E-state index is 0.00969. The van der Waals surface area contributed by atoms with Crippen LogP contribution in [-0.4, -0.2) is 46.5 Å². The first-order chi connectivity index (χ1) is 17.7. The van der Waals surface area contributed by atoms with Crippen LogP contribution in [0.3, 0.4) is 0 Å². The summed E-state index contributed by atoms with van der Waals surface area (Å²) in [5, 5.41) is 14.9. The smallest absolute Gasteiger partial charge is 0.237 e. The van der Waals surface area contributed by atoms with Gasteiger partial charge in [-0.3, -0.25) is 9.59 Å². The van der Waals surface area contributed by atoms with E-state index < -0.39 is 18.0 Å². The predicted molar refractivity (Wildman–Crippen MR) is 149 cm³/mol. The van der Waals surface area contributed by atoms with Crippen LogP contribution in [0.5, 0.6) is 0 Å². The molecule has 7 heteroatoms. The lowest BCUT2D eigenvalue weighted by atomic mass is 9.79. The average molecular weight is 506 g/mol. The lowest BCUT2D eigenvalue weighted by Gasteiger charge is -2.31. The lowest BCUT2D eigenvalue weighted by molar-refractivity contribution is -0.127. The van der Waals surface area contributed by atoms with E-state index in [0.717, 1.165) is 43.4 Å². The van der Waals surface area contributed by atoms with Crippen molar-refractivity contribution >= 4 is 17.4 Å². The van der Waals surface area contributed by atoms with Crippen molar-refractivity contribution in [3.63, 3.8) is 0 Å². The number of carbonyl (C=O) groups excluding carboxylic acids is 2. The second-order valence-corrected chi connectivity index (χ2v) is 10.6. The SMILES string of the molecule is CCC(C(=N)C(=O)C(NC(=O)C(C)NC)C1CCCCC1)c1cc(-c2cccc(C(C)C)c2)nc(C)n1. The van der Waals surface area contributed by atoms with Gasteiger partial charge in [0.05, 0.1) is 29.2 Å². The number of aromatic nitrogens is 2. The van der Waals surface area contributed by atoms with Crippen LogP contribution < -0.4 is 10.6 Å². The summed E-state index contributed by atoms with van der Waals surface area (Å²) in [6.07, 6.45) is 5.56. The third kappa shape index (κ3) is 7.10. The molecule has 2 aromatic rings. The number of benzene rings is 1. The number of ketones is 1. The molecule has 1 aromatic heterocycles. The zero-order chi connectivity index (χ0) is 27.1. The fourth-order valence-corrected chi connectivity index (χ4v) is 5.15. The van der Waals surface area contributed by atoms with E-state index in [2.05, 4.69) is 46.6 Å². The molecule has 0 spiro atoms.